The standard InChI is InChI=1S/C25H24N2O2/c1-2-27(23-11-7-4-8-12-23)25(29)19-21-13-16-22(17-14-21)26-24(28)18-15-20-9-5-3-6-10-20/h3-18H,2,19H2,1H3,(H,26,28)/b18-15+. The van der Waals surface area contributed by atoms with E-state index in [2.05, 4.69) is 5.32 Å². The van der Waals surface area contributed by atoms with Crippen LogP contribution in [-0.4, -0.2) is 18.4 Å². The van der Waals surface area contributed by atoms with Crippen molar-refractivity contribution < 1.29 is 9.59 Å². The summed E-state index contributed by atoms with van der Waals surface area (Å²) in [6.07, 6.45) is 3.59. The minimum absolute atomic E-state index is 0.0429. The Balaban J connectivity index is 1.57. The molecular weight excluding hydrogens is 360 g/mol. The minimum Gasteiger partial charge on any atom is -0.323 e. The van der Waals surface area contributed by atoms with Crippen LogP contribution in [-0.2, 0) is 16.0 Å². The number of para-hydroxylation sites is 1. The van der Waals surface area contributed by atoms with E-state index in [4.69, 9.17) is 0 Å². The maximum absolute atomic E-state index is 12.7. The Hall–Kier alpha value is -3.66. The Morgan fingerprint density at radius 2 is 1.48 bits per heavy atom. The fourth-order valence-electron chi connectivity index (χ4n) is 3.01. The van der Waals surface area contributed by atoms with Gasteiger partial charge in [0, 0.05) is 24.0 Å². The average Bonchev–Trinajstić information content (AvgIpc) is 2.76. The van der Waals surface area contributed by atoms with Gasteiger partial charge < -0.3 is 10.2 Å². The zero-order valence-corrected chi connectivity index (χ0v) is 16.4. The first-order chi connectivity index (χ1) is 14.2. The maximum Gasteiger partial charge on any atom is 0.248 e. The molecule has 0 aliphatic heterocycles. The van der Waals surface area contributed by atoms with E-state index < -0.39 is 0 Å². The fraction of sp³-hybridized carbons (Fsp3) is 0.120. The number of nitrogens with one attached hydrogen (secondary N) is 1. The molecule has 146 valence electrons. The first kappa shape index (κ1) is 20.1. The minimum atomic E-state index is -0.195. The van der Waals surface area contributed by atoms with E-state index in [1.165, 1.54) is 6.08 Å². The number of rotatable bonds is 7. The molecule has 0 aromatic heterocycles. The summed E-state index contributed by atoms with van der Waals surface area (Å²) in [6.45, 7) is 2.58. The lowest BCUT2D eigenvalue weighted by molar-refractivity contribution is -0.118. The monoisotopic (exact) mass is 384 g/mol. The molecule has 0 aliphatic rings. The summed E-state index contributed by atoms with van der Waals surface area (Å²) in [4.78, 5) is 26.5. The lowest BCUT2D eigenvalue weighted by Gasteiger charge is -2.21. The summed E-state index contributed by atoms with van der Waals surface area (Å²) in [5.74, 6) is -0.153. The highest BCUT2D eigenvalue weighted by molar-refractivity contribution is 6.02. The smallest absolute Gasteiger partial charge is 0.248 e. The van der Waals surface area contributed by atoms with Crippen molar-refractivity contribution in [1.29, 1.82) is 0 Å². The second-order valence-electron chi connectivity index (χ2n) is 6.58. The molecule has 3 aromatic rings. The zero-order chi connectivity index (χ0) is 20.5. The first-order valence-corrected chi connectivity index (χ1v) is 9.64. The number of amides is 2. The van der Waals surface area contributed by atoms with Gasteiger partial charge in [-0.15, -0.1) is 0 Å². The van der Waals surface area contributed by atoms with Crippen molar-refractivity contribution in [2.45, 2.75) is 13.3 Å². The van der Waals surface area contributed by atoms with Crippen LogP contribution in [0.15, 0.2) is 91.0 Å². The summed E-state index contributed by atoms with van der Waals surface area (Å²) < 4.78 is 0. The van der Waals surface area contributed by atoms with Crippen LogP contribution in [0.25, 0.3) is 6.08 Å². The number of anilines is 2. The number of benzene rings is 3. The molecule has 0 aliphatic carbocycles. The van der Waals surface area contributed by atoms with E-state index in [1.54, 1.807) is 11.0 Å². The topological polar surface area (TPSA) is 49.4 Å². The number of nitrogens with zero attached hydrogens (tertiary/aromatic N) is 1. The predicted molar refractivity (Wildman–Crippen MR) is 119 cm³/mol. The second-order valence-corrected chi connectivity index (χ2v) is 6.58. The normalized spacial score (nSPS) is 10.7. The van der Waals surface area contributed by atoms with Crippen LogP contribution in [0.4, 0.5) is 11.4 Å². The summed E-state index contributed by atoms with van der Waals surface area (Å²) in [7, 11) is 0. The third-order valence-electron chi connectivity index (χ3n) is 4.49. The maximum atomic E-state index is 12.7. The fourth-order valence-corrected chi connectivity index (χ4v) is 3.01. The van der Waals surface area contributed by atoms with Crippen LogP contribution < -0.4 is 10.2 Å². The van der Waals surface area contributed by atoms with E-state index in [-0.39, 0.29) is 11.8 Å². The van der Waals surface area contributed by atoms with Crippen LogP contribution in [0, 0.1) is 0 Å². The molecule has 0 spiro atoms. The van der Waals surface area contributed by atoms with E-state index >= 15 is 0 Å². The molecule has 29 heavy (non-hydrogen) atoms. The van der Waals surface area contributed by atoms with Crippen molar-refractivity contribution in [3.05, 3.63) is 102 Å². The molecule has 0 fully saturated rings. The molecule has 0 radical (unpaired) electrons. The lowest BCUT2D eigenvalue weighted by atomic mass is 10.1. The third-order valence-corrected chi connectivity index (χ3v) is 4.49. The molecule has 0 heterocycles. The Labute approximate surface area is 171 Å². The largest absolute Gasteiger partial charge is 0.323 e. The van der Waals surface area contributed by atoms with Gasteiger partial charge in [-0.2, -0.15) is 0 Å². The van der Waals surface area contributed by atoms with Gasteiger partial charge in [-0.25, -0.2) is 0 Å². The van der Waals surface area contributed by atoms with Gasteiger partial charge in [-0.05, 0) is 48.4 Å². The van der Waals surface area contributed by atoms with E-state index in [0.29, 0.717) is 18.7 Å². The van der Waals surface area contributed by atoms with Crippen molar-refractivity contribution in [2.24, 2.45) is 0 Å². The second kappa shape index (κ2) is 10.0. The van der Waals surface area contributed by atoms with Gasteiger partial charge in [0.25, 0.3) is 0 Å². The lowest BCUT2D eigenvalue weighted by Crippen LogP contribution is -2.31. The van der Waals surface area contributed by atoms with Gasteiger partial charge >= 0.3 is 0 Å². The van der Waals surface area contributed by atoms with Crippen molar-refractivity contribution >= 4 is 29.3 Å². The molecule has 4 heteroatoms. The summed E-state index contributed by atoms with van der Waals surface area (Å²) in [6, 6.07) is 26.7. The highest BCUT2D eigenvalue weighted by Crippen LogP contribution is 2.16. The van der Waals surface area contributed by atoms with Crippen molar-refractivity contribution in [2.75, 3.05) is 16.8 Å². The highest BCUT2D eigenvalue weighted by Gasteiger charge is 2.14. The molecule has 1 N–H and O–H groups in total. The zero-order valence-electron chi connectivity index (χ0n) is 16.4. The molecule has 3 rings (SSSR count). The van der Waals surface area contributed by atoms with E-state index in [0.717, 1.165) is 16.8 Å². The predicted octanol–water partition coefficient (Wildman–Crippen LogP) is 4.93. The van der Waals surface area contributed by atoms with Crippen LogP contribution in [0.3, 0.4) is 0 Å². The van der Waals surface area contributed by atoms with Gasteiger partial charge in [-0.1, -0.05) is 60.7 Å². The van der Waals surface area contributed by atoms with Crippen molar-refractivity contribution in [3.63, 3.8) is 0 Å². The Morgan fingerprint density at radius 1 is 0.862 bits per heavy atom. The molecule has 0 saturated carbocycles. The van der Waals surface area contributed by atoms with Crippen LogP contribution in [0.5, 0.6) is 0 Å². The number of carbonyl (C=O) groups excluding carboxylic acids is 2. The first-order valence-electron chi connectivity index (χ1n) is 9.64. The van der Waals surface area contributed by atoms with Crippen LogP contribution >= 0.6 is 0 Å². The molecule has 2 amide bonds. The number of hydrogen-bond acceptors (Lipinski definition) is 2. The highest BCUT2D eigenvalue weighted by atomic mass is 16.2. The number of carbonyl (C=O) groups is 2. The SMILES string of the molecule is CCN(C(=O)Cc1ccc(NC(=O)/C=C/c2ccccc2)cc1)c1ccccc1. The molecule has 0 unspecified atom stereocenters. The third kappa shape index (κ3) is 5.91. The Kier molecular flexibility index (Phi) is 6.95. The van der Waals surface area contributed by atoms with Gasteiger partial charge in [-0.3, -0.25) is 9.59 Å². The van der Waals surface area contributed by atoms with E-state index in [9.17, 15) is 9.59 Å². The van der Waals surface area contributed by atoms with Crippen molar-refractivity contribution in [1.82, 2.24) is 0 Å². The van der Waals surface area contributed by atoms with Gasteiger partial charge in [0.15, 0.2) is 0 Å². The molecule has 0 atom stereocenters. The summed E-state index contributed by atoms with van der Waals surface area (Å²) in [5.41, 5.74) is 3.46. The molecule has 0 bridgehead atoms. The van der Waals surface area contributed by atoms with E-state index in [1.807, 2.05) is 91.9 Å². The summed E-state index contributed by atoms with van der Waals surface area (Å²) in [5, 5.41) is 2.83. The Morgan fingerprint density at radius 3 is 2.10 bits per heavy atom. The number of likely N-dealkylation sites (N-methyl/N-ethyl adjacent to an activating group) is 1. The summed E-state index contributed by atoms with van der Waals surface area (Å²) >= 11 is 0. The van der Waals surface area contributed by atoms with Gasteiger partial charge in [0.1, 0.15) is 0 Å². The quantitative estimate of drug-likeness (QED) is 0.587. The molecular formula is C25H24N2O2. The van der Waals surface area contributed by atoms with Gasteiger partial charge in [0.2, 0.25) is 11.8 Å². The van der Waals surface area contributed by atoms with Crippen LogP contribution in [0.2, 0.25) is 0 Å². The molecule has 0 saturated heterocycles. The number of hydrogen-bond donors (Lipinski definition) is 1. The Bertz CT molecular complexity index is 965. The molecule has 4 nitrogen and oxygen atoms in total. The average molecular weight is 384 g/mol. The van der Waals surface area contributed by atoms with Gasteiger partial charge in [0.05, 0.1) is 6.42 Å². The van der Waals surface area contributed by atoms with Crippen LogP contribution in [0.1, 0.15) is 18.1 Å². The molecule has 3 aromatic carbocycles. The van der Waals surface area contributed by atoms with Crippen molar-refractivity contribution in [3.8, 4) is 0 Å².